The fourth-order valence-electron chi connectivity index (χ4n) is 1.63. The molecule has 1 N–H and O–H groups in total. The van der Waals surface area contributed by atoms with E-state index in [-0.39, 0.29) is 0 Å². The second kappa shape index (κ2) is 3.65. The van der Waals surface area contributed by atoms with Gasteiger partial charge in [0.2, 0.25) is 0 Å². The van der Waals surface area contributed by atoms with Gasteiger partial charge >= 0.3 is 0 Å². The molecule has 0 aromatic heterocycles. The van der Waals surface area contributed by atoms with E-state index in [0.717, 1.165) is 5.56 Å². The van der Waals surface area contributed by atoms with Gasteiger partial charge in [0.15, 0.2) is 0 Å². The zero-order chi connectivity index (χ0) is 10.0. The summed E-state index contributed by atoms with van der Waals surface area (Å²) < 4.78 is 0. The summed E-state index contributed by atoms with van der Waals surface area (Å²) in [5, 5.41) is 9.19. The summed E-state index contributed by atoms with van der Waals surface area (Å²) in [6, 6.07) is 4.25. The first kappa shape index (κ1) is 9.85. The van der Waals surface area contributed by atoms with Crippen molar-refractivity contribution in [2.75, 3.05) is 0 Å². The van der Waals surface area contributed by atoms with Crippen molar-refractivity contribution in [3.8, 4) is 0 Å². The fourth-order valence-corrected chi connectivity index (χ4v) is 1.63. The van der Waals surface area contributed by atoms with Crippen molar-refractivity contribution in [2.45, 2.75) is 27.7 Å². The minimum absolute atomic E-state index is 0.357. The molecule has 0 saturated heterocycles. The standard InChI is InChI=1S/C12H16O/c1-8-5-9(2)12(7-11(4)13)10(3)6-8/h5-7,13H,1-4H3/b11-7-. The molecule has 0 aliphatic carbocycles. The number of rotatable bonds is 1. The van der Waals surface area contributed by atoms with Gasteiger partial charge in [0.1, 0.15) is 0 Å². The monoisotopic (exact) mass is 176 g/mol. The second-order valence-corrected chi connectivity index (χ2v) is 3.60. The smallest absolute Gasteiger partial charge is 0.0897 e. The Labute approximate surface area is 79.7 Å². The average Bonchev–Trinajstić information content (AvgIpc) is 1.96. The third kappa shape index (κ3) is 2.35. The van der Waals surface area contributed by atoms with Crippen molar-refractivity contribution in [2.24, 2.45) is 0 Å². The molecule has 0 bridgehead atoms. The van der Waals surface area contributed by atoms with Gasteiger partial charge in [0.05, 0.1) is 5.76 Å². The molecule has 1 rings (SSSR count). The van der Waals surface area contributed by atoms with Gasteiger partial charge in [-0.3, -0.25) is 0 Å². The van der Waals surface area contributed by atoms with Gasteiger partial charge in [-0.15, -0.1) is 0 Å². The normalized spacial score (nSPS) is 11.8. The Bertz CT molecular complexity index is 321. The van der Waals surface area contributed by atoms with E-state index >= 15 is 0 Å². The summed E-state index contributed by atoms with van der Waals surface area (Å²) in [5.41, 5.74) is 4.82. The van der Waals surface area contributed by atoms with Gasteiger partial charge in [0, 0.05) is 0 Å². The maximum Gasteiger partial charge on any atom is 0.0897 e. The molecule has 0 aliphatic rings. The molecular formula is C12H16O. The Kier molecular flexibility index (Phi) is 2.76. The molecule has 1 heteroatoms. The third-order valence-corrected chi connectivity index (χ3v) is 2.09. The molecule has 1 aromatic rings. The quantitative estimate of drug-likeness (QED) is 0.649. The molecule has 0 heterocycles. The molecule has 0 fully saturated rings. The van der Waals surface area contributed by atoms with Crippen LogP contribution in [0.5, 0.6) is 0 Å². The van der Waals surface area contributed by atoms with Crippen LogP contribution in [0.1, 0.15) is 29.2 Å². The van der Waals surface area contributed by atoms with Crippen LogP contribution < -0.4 is 0 Å². The number of benzene rings is 1. The van der Waals surface area contributed by atoms with Crippen LogP contribution in [0.2, 0.25) is 0 Å². The van der Waals surface area contributed by atoms with Crippen molar-refractivity contribution in [3.05, 3.63) is 40.1 Å². The van der Waals surface area contributed by atoms with Crippen LogP contribution in [0.3, 0.4) is 0 Å². The van der Waals surface area contributed by atoms with E-state index < -0.39 is 0 Å². The highest BCUT2D eigenvalue weighted by molar-refractivity contribution is 5.59. The Hall–Kier alpha value is -1.24. The van der Waals surface area contributed by atoms with Crippen LogP contribution in [-0.4, -0.2) is 5.11 Å². The summed E-state index contributed by atoms with van der Waals surface area (Å²) in [5.74, 6) is 0.357. The lowest BCUT2D eigenvalue weighted by molar-refractivity contribution is 0.420. The predicted molar refractivity (Wildman–Crippen MR) is 56.9 cm³/mol. The topological polar surface area (TPSA) is 20.2 Å². The Morgan fingerprint density at radius 1 is 1.15 bits per heavy atom. The molecule has 0 radical (unpaired) electrons. The van der Waals surface area contributed by atoms with E-state index in [2.05, 4.69) is 32.9 Å². The van der Waals surface area contributed by atoms with E-state index in [9.17, 15) is 5.11 Å². The molecule has 0 saturated carbocycles. The molecule has 0 aliphatic heterocycles. The van der Waals surface area contributed by atoms with Crippen molar-refractivity contribution in [3.63, 3.8) is 0 Å². The summed E-state index contributed by atoms with van der Waals surface area (Å²) >= 11 is 0. The minimum atomic E-state index is 0.357. The van der Waals surface area contributed by atoms with Gasteiger partial charge in [0.25, 0.3) is 0 Å². The fraction of sp³-hybridized carbons (Fsp3) is 0.333. The zero-order valence-electron chi connectivity index (χ0n) is 8.68. The number of aliphatic hydroxyl groups is 1. The first-order valence-corrected chi connectivity index (χ1v) is 4.46. The second-order valence-electron chi connectivity index (χ2n) is 3.60. The first-order chi connectivity index (χ1) is 6.00. The summed E-state index contributed by atoms with van der Waals surface area (Å²) in [6.45, 7) is 7.90. The average molecular weight is 176 g/mol. The summed E-state index contributed by atoms with van der Waals surface area (Å²) in [6.07, 6.45) is 1.81. The van der Waals surface area contributed by atoms with Crippen LogP contribution in [0, 0.1) is 20.8 Å². The van der Waals surface area contributed by atoms with Gasteiger partial charge in [-0.05, 0) is 50.5 Å². The van der Waals surface area contributed by atoms with E-state index in [1.54, 1.807) is 6.92 Å². The maximum atomic E-state index is 9.19. The minimum Gasteiger partial charge on any atom is -0.513 e. The molecule has 1 aromatic carbocycles. The highest BCUT2D eigenvalue weighted by Crippen LogP contribution is 2.18. The summed E-state index contributed by atoms with van der Waals surface area (Å²) in [7, 11) is 0. The number of hydrogen-bond acceptors (Lipinski definition) is 1. The van der Waals surface area contributed by atoms with Gasteiger partial charge in [-0.2, -0.15) is 0 Å². The van der Waals surface area contributed by atoms with Crippen molar-refractivity contribution in [1.29, 1.82) is 0 Å². The highest BCUT2D eigenvalue weighted by Gasteiger charge is 2.00. The number of aliphatic hydroxyl groups excluding tert-OH is 1. The van der Waals surface area contributed by atoms with Crippen molar-refractivity contribution < 1.29 is 5.11 Å². The molecular weight excluding hydrogens is 160 g/mol. The van der Waals surface area contributed by atoms with Crippen LogP contribution >= 0.6 is 0 Å². The maximum absolute atomic E-state index is 9.19. The molecule has 13 heavy (non-hydrogen) atoms. The lowest BCUT2D eigenvalue weighted by Crippen LogP contribution is -1.89. The third-order valence-electron chi connectivity index (χ3n) is 2.09. The highest BCUT2D eigenvalue weighted by atomic mass is 16.3. The van der Waals surface area contributed by atoms with E-state index in [1.807, 2.05) is 6.08 Å². The Morgan fingerprint density at radius 3 is 2.00 bits per heavy atom. The number of hydrogen-bond donors (Lipinski definition) is 1. The molecule has 70 valence electrons. The SMILES string of the molecule is C/C(O)=C/c1c(C)cc(C)cc1C. The Balaban J connectivity index is 3.29. The predicted octanol–water partition coefficient (Wildman–Crippen LogP) is 3.53. The van der Waals surface area contributed by atoms with E-state index in [1.165, 1.54) is 16.7 Å². The van der Waals surface area contributed by atoms with E-state index in [4.69, 9.17) is 0 Å². The summed E-state index contributed by atoms with van der Waals surface area (Å²) in [4.78, 5) is 0. The van der Waals surface area contributed by atoms with Gasteiger partial charge in [-0.1, -0.05) is 17.7 Å². The lowest BCUT2D eigenvalue weighted by Gasteiger charge is -2.07. The Morgan fingerprint density at radius 2 is 1.62 bits per heavy atom. The van der Waals surface area contributed by atoms with Crippen LogP contribution in [0.4, 0.5) is 0 Å². The largest absolute Gasteiger partial charge is 0.513 e. The van der Waals surface area contributed by atoms with E-state index in [0.29, 0.717) is 5.76 Å². The number of aryl methyl sites for hydroxylation is 3. The van der Waals surface area contributed by atoms with Crippen LogP contribution in [-0.2, 0) is 0 Å². The molecule has 0 atom stereocenters. The molecule has 0 unspecified atom stereocenters. The molecule has 0 amide bonds. The van der Waals surface area contributed by atoms with Gasteiger partial charge < -0.3 is 5.11 Å². The van der Waals surface area contributed by atoms with Gasteiger partial charge in [-0.25, -0.2) is 0 Å². The van der Waals surface area contributed by atoms with Crippen LogP contribution in [0.25, 0.3) is 6.08 Å². The number of allylic oxidation sites excluding steroid dienone is 1. The zero-order valence-corrected chi connectivity index (χ0v) is 8.68. The van der Waals surface area contributed by atoms with Crippen molar-refractivity contribution >= 4 is 6.08 Å². The van der Waals surface area contributed by atoms with Crippen molar-refractivity contribution in [1.82, 2.24) is 0 Å². The van der Waals surface area contributed by atoms with Crippen LogP contribution in [0.15, 0.2) is 17.9 Å². The molecule has 1 nitrogen and oxygen atoms in total. The first-order valence-electron chi connectivity index (χ1n) is 4.46. The molecule has 0 spiro atoms. The lowest BCUT2D eigenvalue weighted by atomic mass is 9.99.